The Morgan fingerprint density at radius 1 is 0.886 bits per heavy atom. The van der Waals surface area contributed by atoms with Crippen LogP contribution in [0.4, 0.5) is 5.69 Å². The molecule has 3 aromatic carbocycles. The average molecular weight is 470 g/mol. The van der Waals surface area contributed by atoms with Gasteiger partial charge in [0.15, 0.2) is 0 Å². The third-order valence-electron chi connectivity index (χ3n) is 8.16. The fourth-order valence-corrected chi connectivity index (χ4v) is 6.09. The molecule has 0 amide bonds. The van der Waals surface area contributed by atoms with Crippen molar-refractivity contribution in [3.63, 3.8) is 0 Å². The van der Waals surface area contributed by atoms with E-state index in [9.17, 15) is 0 Å². The zero-order valence-electron chi connectivity index (χ0n) is 21.2. The number of para-hydroxylation sites is 1. The molecule has 2 aliphatic heterocycles. The van der Waals surface area contributed by atoms with Crippen molar-refractivity contribution in [1.29, 1.82) is 0 Å². The van der Waals surface area contributed by atoms with Crippen LogP contribution in [0.2, 0.25) is 0 Å². The lowest BCUT2D eigenvalue weighted by Gasteiger charge is -2.51. The Morgan fingerprint density at radius 2 is 1.60 bits per heavy atom. The highest BCUT2D eigenvalue weighted by Crippen LogP contribution is 2.43. The number of benzene rings is 3. The predicted octanol–water partition coefficient (Wildman–Crippen LogP) is 5.54. The summed E-state index contributed by atoms with van der Waals surface area (Å²) >= 11 is 0. The number of fused-ring (bicyclic) bond motifs is 2. The van der Waals surface area contributed by atoms with Gasteiger partial charge in [-0.1, -0.05) is 72.8 Å². The molecule has 0 bridgehead atoms. The third-order valence-corrected chi connectivity index (χ3v) is 8.16. The maximum absolute atomic E-state index is 6.55. The molecule has 5 rings (SSSR count). The average Bonchev–Trinajstić information content (AvgIpc) is 2.92. The summed E-state index contributed by atoms with van der Waals surface area (Å²) in [5.41, 5.74) is 7.13. The van der Waals surface area contributed by atoms with Gasteiger partial charge in [0.05, 0.1) is 12.7 Å². The van der Waals surface area contributed by atoms with Gasteiger partial charge in [0.1, 0.15) is 0 Å². The van der Waals surface area contributed by atoms with E-state index in [-0.39, 0.29) is 11.6 Å². The summed E-state index contributed by atoms with van der Waals surface area (Å²) < 4.78 is 6.55. The van der Waals surface area contributed by atoms with E-state index in [0.717, 1.165) is 51.9 Å². The fraction of sp³-hybridized carbons (Fsp3) is 0.419. The first-order valence-electron chi connectivity index (χ1n) is 13.1. The van der Waals surface area contributed by atoms with Gasteiger partial charge in [0.25, 0.3) is 0 Å². The molecule has 1 saturated heterocycles. The van der Waals surface area contributed by atoms with Crippen molar-refractivity contribution in [3.05, 3.63) is 101 Å². The molecule has 35 heavy (non-hydrogen) atoms. The number of hydrogen-bond donors (Lipinski definition) is 1. The van der Waals surface area contributed by atoms with E-state index >= 15 is 0 Å². The van der Waals surface area contributed by atoms with Crippen LogP contribution in [0.1, 0.15) is 47.6 Å². The minimum Gasteiger partial charge on any atom is -0.371 e. The van der Waals surface area contributed by atoms with Crippen molar-refractivity contribution in [2.75, 3.05) is 45.2 Å². The summed E-state index contributed by atoms with van der Waals surface area (Å²) in [6.45, 7) is 4.85. The highest BCUT2D eigenvalue weighted by molar-refractivity contribution is 5.54. The Hall–Kier alpha value is -2.66. The Kier molecular flexibility index (Phi) is 7.52. The quantitative estimate of drug-likeness (QED) is 0.469. The molecule has 0 saturated carbocycles. The summed E-state index contributed by atoms with van der Waals surface area (Å²) in [7, 11) is 4.32. The molecule has 2 aliphatic rings. The van der Waals surface area contributed by atoms with Crippen LogP contribution in [0.25, 0.3) is 0 Å². The van der Waals surface area contributed by atoms with Gasteiger partial charge in [-0.3, -0.25) is 4.90 Å². The largest absolute Gasteiger partial charge is 0.371 e. The number of nitrogens with one attached hydrogen (secondary N) is 1. The lowest BCUT2D eigenvalue weighted by Crippen LogP contribution is -2.54. The van der Waals surface area contributed by atoms with Crippen LogP contribution in [0.5, 0.6) is 0 Å². The standard InChI is InChI=1S/C31H39N3O/c1-32-20-16-30(26-11-4-3-5-12-26)35-24-27-13-7-9-15-29(27)34-22-18-31(19-23-34)28-14-8-6-10-25(28)17-21-33(31)2/h3-15,30,32H,16-24H2,1-2H3. The molecule has 0 aromatic heterocycles. The molecule has 1 fully saturated rings. The Morgan fingerprint density at radius 3 is 2.40 bits per heavy atom. The zero-order chi connectivity index (χ0) is 24.1. The Labute approximate surface area is 210 Å². The van der Waals surface area contributed by atoms with Crippen molar-refractivity contribution >= 4 is 5.69 Å². The van der Waals surface area contributed by atoms with Gasteiger partial charge in [-0.15, -0.1) is 0 Å². The summed E-state index contributed by atoms with van der Waals surface area (Å²) in [5.74, 6) is 0. The van der Waals surface area contributed by atoms with Crippen molar-refractivity contribution in [2.24, 2.45) is 0 Å². The predicted molar refractivity (Wildman–Crippen MR) is 145 cm³/mol. The molecule has 4 nitrogen and oxygen atoms in total. The second kappa shape index (κ2) is 10.9. The Bertz CT molecular complexity index is 1090. The minimum atomic E-state index is 0.0914. The van der Waals surface area contributed by atoms with E-state index in [1.54, 1.807) is 11.1 Å². The molecule has 2 heterocycles. The first-order valence-corrected chi connectivity index (χ1v) is 13.1. The van der Waals surface area contributed by atoms with Crippen molar-refractivity contribution < 1.29 is 4.74 Å². The van der Waals surface area contributed by atoms with Crippen LogP contribution < -0.4 is 10.2 Å². The number of hydrogen-bond acceptors (Lipinski definition) is 4. The number of likely N-dealkylation sites (N-methyl/N-ethyl adjacent to an activating group) is 1. The molecule has 1 N–H and O–H groups in total. The molecule has 1 unspecified atom stereocenters. The summed E-state index contributed by atoms with van der Waals surface area (Å²) in [5, 5.41) is 3.28. The van der Waals surface area contributed by atoms with Crippen LogP contribution in [0.3, 0.4) is 0 Å². The highest BCUT2D eigenvalue weighted by atomic mass is 16.5. The van der Waals surface area contributed by atoms with Gasteiger partial charge in [-0.2, -0.15) is 0 Å². The molecule has 184 valence electrons. The van der Waals surface area contributed by atoms with E-state index in [4.69, 9.17) is 4.74 Å². The van der Waals surface area contributed by atoms with Gasteiger partial charge >= 0.3 is 0 Å². The normalized spacial score (nSPS) is 18.4. The second-order valence-corrected chi connectivity index (χ2v) is 10.1. The number of ether oxygens (including phenoxy) is 1. The van der Waals surface area contributed by atoms with Crippen LogP contribution in [0, 0.1) is 0 Å². The second-order valence-electron chi connectivity index (χ2n) is 10.1. The number of piperidine rings is 1. The SMILES string of the molecule is CNCCC(OCc1ccccc1N1CCC2(CC1)c1ccccc1CCN2C)c1ccccc1. The van der Waals surface area contributed by atoms with Gasteiger partial charge < -0.3 is 15.0 Å². The van der Waals surface area contributed by atoms with Gasteiger partial charge in [0.2, 0.25) is 0 Å². The van der Waals surface area contributed by atoms with Gasteiger partial charge in [-0.25, -0.2) is 0 Å². The van der Waals surface area contributed by atoms with E-state index < -0.39 is 0 Å². The van der Waals surface area contributed by atoms with Crippen molar-refractivity contribution in [3.8, 4) is 0 Å². The summed E-state index contributed by atoms with van der Waals surface area (Å²) in [4.78, 5) is 5.20. The van der Waals surface area contributed by atoms with E-state index in [2.05, 4.69) is 101 Å². The summed E-state index contributed by atoms with van der Waals surface area (Å²) in [6.07, 6.45) is 4.53. The Balaban J connectivity index is 1.31. The van der Waals surface area contributed by atoms with E-state index in [0.29, 0.717) is 6.61 Å². The maximum atomic E-state index is 6.55. The monoisotopic (exact) mass is 469 g/mol. The van der Waals surface area contributed by atoms with Crippen molar-refractivity contribution in [1.82, 2.24) is 10.2 Å². The molecular weight excluding hydrogens is 430 g/mol. The molecule has 3 aromatic rings. The first-order chi connectivity index (χ1) is 17.2. The molecule has 4 heteroatoms. The molecule has 1 spiro atoms. The lowest BCUT2D eigenvalue weighted by molar-refractivity contribution is 0.0344. The lowest BCUT2D eigenvalue weighted by atomic mass is 9.74. The number of rotatable bonds is 8. The zero-order valence-corrected chi connectivity index (χ0v) is 21.2. The van der Waals surface area contributed by atoms with Gasteiger partial charge in [-0.05, 0) is 69.1 Å². The first kappa shape index (κ1) is 24.1. The van der Waals surface area contributed by atoms with Crippen molar-refractivity contribution in [2.45, 2.75) is 43.9 Å². The van der Waals surface area contributed by atoms with E-state index in [1.807, 2.05) is 7.05 Å². The van der Waals surface area contributed by atoms with Crippen LogP contribution in [0.15, 0.2) is 78.9 Å². The van der Waals surface area contributed by atoms with E-state index in [1.165, 1.54) is 16.8 Å². The highest BCUT2D eigenvalue weighted by Gasteiger charge is 2.43. The molecule has 1 atom stereocenters. The summed E-state index contributed by atoms with van der Waals surface area (Å²) in [6, 6.07) is 28.6. The minimum absolute atomic E-state index is 0.0914. The maximum Gasteiger partial charge on any atom is 0.0841 e. The number of nitrogens with zero attached hydrogens (tertiary/aromatic N) is 2. The van der Waals surface area contributed by atoms with Crippen LogP contribution in [-0.2, 0) is 23.3 Å². The third kappa shape index (κ3) is 5.02. The molecular formula is C31H39N3O. The topological polar surface area (TPSA) is 27.7 Å². The fourth-order valence-electron chi connectivity index (χ4n) is 6.09. The smallest absolute Gasteiger partial charge is 0.0841 e. The van der Waals surface area contributed by atoms with Crippen LogP contribution >= 0.6 is 0 Å². The molecule has 0 aliphatic carbocycles. The molecule has 0 radical (unpaired) electrons. The van der Waals surface area contributed by atoms with Crippen LogP contribution in [-0.4, -0.2) is 45.2 Å². The van der Waals surface area contributed by atoms with Gasteiger partial charge in [0, 0.05) is 36.4 Å². The number of anilines is 1.